The Morgan fingerprint density at radius 3 is 1.94 bits per heavy atom. The first-order valence-electron chi connectivity index (χ1n) is 17.6. The van der Waals surface area contributed by atoms with Gasteiger partial charge in [-0.1, -0.05) is 91.0 Å². The van der Waals surface area contributed by atoms with Gasteiger partial charge in [0.1, 0.15) is 5.82 Å². The molecule has 2 heterocycles. The second kappa shape index (κ2) is 11.0. The van der Waals surface area contributed by atoms with E-state index in [4.69, 9.17) is 15.0 Å². The zero-order valence-electron chi connectivity index (χ0n) is 27.3. The minimum absolute atomic E-state index is 0.0135. The van der Waals surface area contributed by atoms with Crippen LogP contribution in [0.2, 0.25) is 0 Å². The molecule has 0 N–H and O–H groups in total. The van der Waals surface area contributed by atoms with Crippen LogP contribution >= 0.6 is 0 Å². The van der Waals surface area contributed by atoms with E-state index in [2.05, 4.69) is 102 Å². The summed E-state index contributed by atoms with van der Waals surface area (Å²) in [7, 11) is 0. The maximum atomic E-state index is 10.2. The summed E-state index contributed by atoms with van der Waals surface area (Å²) in [5, 5.41) is 12.6. The first kappa shape index (κ1) is 28.4. The van der Waals surface area contributed by atoms with Crippen molar-refractivity contribution in [3.63, 3.8) is 0 Å². The number of benzene rings is 5. The number of aromatic nitrogens is 4. The summed E-state index contributed by atoms with van der Waals surface area (Å²) < 4.78 is 2.34. The van der Waals surface area contributed by atoms with Crippen LogP contribution in [-0.2, 0) is 5.41 Å². The zero-order valence-corrected chi connectivity index (χ0v) is 27.3. The second-order valence-corrected chi connectivity index (χ2v) is 14.6. The minimum Gasteiger partial charge on any atom is -0.308 e. The Bertz CT molecular complexity index is 2400. The molecule has 4 saturated carbocycles. The van der Waals surface area contributed by atoms with Gasteiger partial charge in [-0.05, 0) is 97.7 Å². The van der Waals surface area contributed by atoms with E-state index in [0.717, 1.165) is 70.7 Å². The number of hydrogen-bond acceptors (Lipinski definition) is 4. The lowest BCUT2D eigenvalue weighted by Gasteiger charge is -2.56. The molecular formula is C44H35N5. The van der Waals surface area contributed by atoms with E-state index < -0.39 is 0 Å². The van der Waals surface area contributed by atoms with E-state index in [0.29, 0.717) is 17.2 Å². The van der Waals surface area contributed by atoms with Crippen LogP contribution in [0.5, 0.6) is 0 Å². The highest BCUT2D eigenvalue weighted by Crippen LogP contribution is 2.60. The molecule has 4 fully saturated rings. The fourth-order valence-corrected chi connectivity index (χ4v) is 9.95. The first-order chi connectivity index (χ1) is 24.2. The Labute approximate surface area is 285 Å². The highest BCUT2D eigenvalue weighted by atomic mass is 15.1. The van der Waals surface area contributed by atoms with Gasteiger partial charge in [-0.15, -0.1) is 0 Å². The molecule has 11 rings (SSSR count). The van der Waals surface area contributed by atoms with Gasteiger partial charge < -0.3 is 4.57 Å². The van der Waals surface area contributed by atoms with Gasteiger partial charge in [-0.3, -0.25) is 0 Å². The van der Waals surface area contributed by atoms with Crippen molar-refractivity contribution in [2.24, 2.45) is 17.8 Å². The van der Waals surface area contributed by atoms with Gasteiger partial charge in [0.15, 0.2) is 11.6 Å². The standard InChI is InChI=1S/C44H35N5/c45-27-28-18-19-38(49-37-16-8-7-14-35(37)40-34(15-9-17-39(40)49)32-10-3-1-4-11-32)36(23-28)42-46-41(33-12-5-2-6-13-33)47-43(48-42)44-24-29-20-30(25-44)22-31(21-29)26-44/h1-19,23,29-31H,20-22,24-26H2. The van der Waals surface area contributed by atoms with Crippen molar-refractivity contribution >= 4 is 21.8 Å². The Morgan fingerprint density at radius 1 is 0.592 bits per heavy atom. The third-order valence-corrected chi connectivity index (χ3v) is 11.6. The van der Waals surface area contributed by atoms with Crippen LogP contribution in [0.25, 0.3) is 61.4 Å². The molecule has 5 aromatic carbocycles. The van der Waals surface area contributed by atoms with Gasteiger partial charge in [0, 0.05) is 27.3 Å². The number of para-hydroxylation sites is 1. The average molecular weight is 634 g/mol. The fraction of sp³-hybridized carbons (Fsp3) is 0.227. The van der Waals surface area contributed by atoms with Gasteiger partial charge in [0.2, 0.25) is 0 Å². The maximum Gasteiger partial charge on any atom is 0.165 e. The summed E-state index contributed by atoms with van der Waals surface area (Å²) in [6.45, 7) is 0. The van der Waals surface area contributed by atoms with E-state index >= 15 is 0 Å². The molecule has 236 valence electrons. The third-order valence-electron chi connectivity index (χ3n) is 11.6. The summed E-state index contributed by atoms with van der Waals surface area (Å²) in [6.07, 6.45) is 7.56. The van der Waals surface area contributed by atoms with E-state index in [1.54, 1.807) is 0 Å². The normalized spacial score (nSPS) is 22.5. The van der Waals surface area contributed by atoms with Crippen LogP contribution in [0.1, 0.15) is 49.9 Å². The van der Waals surface area contributed by atoms with E-state index in [1.807, 2.05) is 30.3 Å². The van der Waals surface area contributed by atoms with Gasteiger partial charge in [-0.2, -0.15) is 5.26 Å². The molecule has 5 nitrogen and oxygen atoms in total. The number of hydrogen-bond donors (Lipinski definition) is 0. The molecule has 0 atom stereocenters. The van der Waals surface area contributed by atoms with Gasteiger partial charge >= 0.3 is 0 Å². The van der Waals surface area contributed by atoms with E-state index in [1.165, 1.54) is 41.2 Å². The molecule has 2 aromatic heterocycles. The van der Waals surface area contributed by atoms with Gasteiger partial charge in [-0.25, -0.2) is 15.0 Å². The largest absolute Gasteiger partial charge is 0.308 e. The van der Waals surface area contributed by atoms with Crippen molar-refractivity contribution < 1.29 is 0 Å². The van der Waals surface area contributed by atoms with Crippen molar-refractivity contribution in [1.29, 1.82) is 5.26 Å². The first-order valence-corrected chi connectivity index (χ1v) is 17.6. The van der Waals surface area contributed by atoms with Crippen molar-refractivity contribution in [3.05, 3.63) is 133 Å². The summed E-state index contributed by atoms with van der Waals surface area (Å²) in [6, 6.07) is 44.5. The minimum atomic E-state index is -0.0135. The van der Waals surface area contributed by atoms with Crippen molar-refractivity contribution in [2.75, 3.05) is 0 Å². The van der Waals surface area contributed by atoms with Crippen molar-refractivity contribution in [2.45, 2.75) is 43.9 Å². The lowest BCUT2D eigenvalue weighted by molar-refractivity contribution is -0.00938. The smallest absolute Gasteiger partial charge is 0.165 e. The van der Waals surface area contributed by atoms with Crippen LogP contribution in [0.15, 0.2) is 121 Å². The molecule has 49 heavy (non-hydrogen) atoms. The molecule has 0 spiro atoms. The molecular weight excluding hydrogens is 599 g/mol. The van der Waals surface area contributed by atoms with Crippen LogP contribution in [0, 0.1) is 29.1 Å². The monoisotopic (exact) mass is 633 g/mol. The zero-order chi connectivity index (χ0) is 32.5. The molecule has 4 aliphatic rings. The lowest BCUT2D eigenvalue weighted by atomic mass is 9.49. The predicted octanol–water partition coefficient (Wildman–Crippen LogP) is 10.3. The molecule has 4 bridgehead atoms. The summed E-state index contributed by atoms with van der Waals surface area (Å²) in [5.41, 5.74) is 7.94. The number of nitriles is 1. The number of fused-ring (bicyclic) bond motifs is 3. The van der Waals surface area contributed by atoms with E-state index in [9.17, 15) is 5.26 Å². The SMILES string of the molecule is N#Cc1ccc(-n2c3ccccc3c3c(-c4ccccc4)cccc32)c(-c2nc(-c3ccccc3)nc(C34CC5CC(CC(C5)C3)C4)n2)c1. The number of rotatable bonds is 5. The lowest BCUT2D eigenvalue weighted by Crippen LogP contribution is -2.49. The topological polar surface area (TPSA) is 67.4 Å². The van der Waals surface area contributed by atoms with Crippen molar-refractivity contribution in [3.8, 4) is 45.7 Å². The van der Waals surface area contributed by atoms with Gasteiger partial charge in [0.25, 0.3) is 0 Å². The van der Waals surface area contributed by atoms with Crippen LogP contribution in [0.3, 0.4) is 0 Å². The highest BCUT2D eigenvalue weighted by molar-refractivity contribution is 6.16. The molecule has 5 heteroatoms. The molecule has 0 aliphatic heterocycles. The Kier molecular flexibility index (Phi) is 6.36. The molecule has 7 aromatic rings. The second-order valence-electron chi connectivity index (χ2n) is 14.6. The average Bonchev–Trinajstić information content (AvgIpc) is 3.49. The molecule has 0 amide bonds. The summed E-state index contributed by atoms with van der Waals surface area (Å²) in [5.74, 6) is 4.58. The summed E-state index contributed by atoms with van der Waals surface area (Å²) >= 11 is 0. The molecule has 0 radical (unpaired) electrons. The summed E-state index contributed by atoms with van der Waals surface area (Å²) in [4.78, 5) is 16.0. The van der Waals surface area contributed by atoms with E-state index in [-0.39, 0.29) is 5.41 Å². The Morgan fingerprint density at radius 2 is 1.22 bits per heavy atom. The Hall–Kier alpha value is -5.60. The quantitative estimate of drug-likeness (QED) is 0.189. The van der Waals surface area contributed by atoms with Crippen LogP contribution in [0.4, 0.5) is 0 Å². The highest BCUT2D eigenvalue weighted by Gasteiger charge is 2.53. The molecule has 0 saturated heterocycles. The predicted molar refractivity (Wildman–Crippen MR) is 195 cm³/mol. The van der Waals surface area contributed by atoms with Gasteiger partial charge in [0.05, 0.1) is 28.4 Å². The third kappa shape index (κ3) is 4.54. The van der Waals surface area contributed by atoms with Crippen LogP contribution < -0.4 is 0 Å². The number of nitrogens with zero attached hydrogens (tertiary/aromatic N) is 5. The maximum absolute atomic E-state index is 10.2. The molecule has 0 unspecified atom stereocenters. The van der Waals surface area contributed by atoms with Crippen molar-refractivity contribution in [1.82, 2.24) is 19.5 Å². The Balaban J connectivity index is 1.24. The molecule has 4 aliphatic carbocycles. The van der Waals surface area contributed by atoms with Crippen LogP contribution in [-0.4, -0.2) is 19.5 Å². The fourth-order valence-electron chi connectivity index (χ4n) is 9.95.